The summed E-state index contributed by atoms with van der Waals surface area (Å²) >= 11 is 1.45. The zero-order chi connectivity index (χ0) is 20.2. The first-order valence-electron chi connectivity index (χ1n) is 8.87. The number of fused-ring (bicyclic) bond motifs is 1. The maximum absolute atomic E-state index is 11.1. The van der Waals surface area contributed by atoms with Gasteiger partial charge in [0.25, 0.3) is 0 Å². The molecule has 4 rings (SSSR count). The number of nitrogens with zero attached hydrogens (tertiary/aromatic N) is 3. The number of pyridine rings is 1. The van der Waals surface area contributed by atoms with E-state index in [0.717, 1.165) is 27.2 Å². The van der Waals surface area contributed by atoms with Gasteiger partial charge in [0.1, 0.15) is 17.0 Å². The molecule has 4 aromatic rings. The summed E-state index contributed by atoms with van der Waals surface area (Å²) in [5, 5.41) is 7.64. The molecular weight excluding hydrogens is 384 g/mol. The maximum Gasteiger partial charge on any atom is 0.221 e. The van der Waals surface area contributed by atoms with Gasteiger partial charge in [-0.15, -0.1) is 0 Å². The van der Waals surface area contributed by atoms with Crippen molar-refractivity contribution < 1.29 is 4.79 Å². The molecule has 0 atom stereocenters. The molecule has 8 heteroatoms. The molecule has 2 aromatic heterocycles. The number of anilines is 4. The number of nitrogens with two attached hydrogens (primary N) is 1. The number of carbonyl (C=O) groups excluding carboxylic acids is 1. The van der Waals surface area contributed by atoms with E-state index in [4.69, 9.17) is 5.73 Å². The molecule has 1 amide bonds. The van der Waals surface area contributed by atoms with E-state index in [1.807, 2.05) is 42.5 Å². The SMILES string of the molecule is CC(=O)Nc1ccc(Nc2ncnc(Sc3cccc4cccnc34)c2N)cc1. The van der Waals surface area contributed by atoms with Crippen LogP contribution in [-0.2, 0) is 4.79 Å². The summed E-state index contributed by atoms with van der Waals surface area (Å²) < 4.78 is 0. The van der Waals surface area contributed by atoms with Crippen LogP contribution in [0.1, 0.15) is 6.92 Å². The third-order valence-electron chi connectivity index (χ3n) is 4.12. The lowest BCUT2D eigenvalue weighted by atomic mass is 10.2. The minimum Gasteiger partial charge on any atom is -0.394 e. The fourth-order valence-electron chi connectivity index (χ4n) is 2.80. The van der Waals surface area contributed by atoms with Crippen molar-refractivity contribution in [3.8, 4) is 0 Å². The van der Waals surface area contributed by atoms with E-state index in [2.05, 4.69) is 25.6 Å². The third-order valence-corrected chi connectivity index (χ3v) is 5.19. The highest BCUT2D eigenvalue weighted by Crippen LogP contribution is 2.36. The number of rotatable bonds is 5. The van der Waals surface area contributed by atoms with E-state index in [-0.39, 0.29) is 5.91 Å². The molecule has 0 saturated heterocycles. The van der Waals surface area contributed by atoms with Crippen LogP contribution < -0.4 is 16.4 Å². The number of amides is 1. The van der Waals surface area contributed by atoms with E-state index in [9.17, 15) is 4.79 Å². The van der Waals surface area contributed by atoms with Crippen molar-refractivity contribution in [2.75, 3.05) is 16.4 Å². The fourth-order valence-corrected chi connectivity index (χ4v) is 3.73. The number of nitrogens with one attached hydrogen (secondary N) is 2. The number of benzene rings is 2. The number of hydrogen-bond acceptors (Lipinski definition) is 7. The largest absolute Gasteiger partial charge is 0.394 e. The van der Waals surface area contributed by atoms with Gasteiger partial charge in [-0.2, -0.15) is 0 Å². The quantitative estimate of drug-likeness (QED) is 0.423. The Morgan fingerprint density at radius 3 is 2.52 bits per heavy atom. The first-order valence-corrected chi connectivity index (χ1v) is 9.68. The smallest absolute Gasteiger partial charge is 0.221 e. The molecule has 29 heavy (non-hydrogen) atoms. The average Bonchev–Trinajstić information content (AvgIpc) is 2.72. The molecule has 0 spiro atoms. The van der Waals surface area contributed by atoms with Gasteiger partial charge in [0, 0.05) is 34.8 Å². The van der Waals surface area contributed by atoms with Gasteiger partial charge in [-0.05, 0) is 36.4 Å². The number of nitrogen functional groups attached to an aromatic ring is 1. The molecule has 7 nitrogen and oxygen atoms in total. The summed E-state index contributed by atoms with van der Waals surface area (Å²) in [6.07, 6.45) is 3.25. The Balaban J connectivity index is 1.58. The minimum absolute atomic E-state index is 0.115. The third kappa shape index (κ3) is 4.27. The summed E-state index contributed by atoms with van der Waals surface area (Å²) in [6, 6.07) is 17.2. The molecule has 0 aliphatic heterocycles. The average molecular weight is 402 g/mol. The van der Waals surface area contributed by atoms with Crippen LogP contribution in [0.4, 0.5) is 22.9 Å². The van der Waals surface area contributed by atoms with Crippen molar-refractivity contribution in [2.45, 2.75) is 16.8 Å². The van der Waals surface area contributed by atoms with Gasteiger partial charge in [-0.1, -0.05) is 30.0 Å². The van der Waals surface area contributed by atoms with E-state index in [1.54, 1.807) is 18.3 Å². The predicted molar refractivity (Wildman–Crippen MR) is 116 cm³/mol. The summed E-state index contributed by atoms with van der Waals surface area (Å²) in [5.41, 5.74) is 9.21. The molecule has 4 N–H and O–H groups in total. The molecule has 2 aromatic carbocycles. The molecule has 0 aliphatic rings. The van der Waals surface area contributed by atoms with E-state index in [1.165, 1.54) is 25.0 Å². The Labute approximate surface area is 171 Å². The van der Waals surface area contributed by atoms with Crippen LogP contribution in [0.5, 0.6) is 0 Å². The summed E-state index contributed by atoms with van der Waals surface area (Å²) in [5.74, 6) is 0.401. The zero-order valence-corrected chi connectivity index (χ0v) is 16.4. The topological polar surface area (TPSA) is 106 Å². The Hall–Kier alpha value is -3.65. The van der Waals surface area contributed by atoms with Crippen molar-refractivity contribution in [3.05, 3.63) is 67.1 Å². The number of carbonyl (C=O) groups is 1. The molecule has 0 bridgehead atoms. The zero-order valence-electron chi connectivity index (χ0n) is 15.6. The second-order valence-electron chi connectivity index (χ2n) is 6.26. The van der Waals surface area contributed by atoms with Crippen LogP contribution in [0.3, 0.4) is 0 Å². The first kappa shape index (κ1) is 18.7. The van der Waals surface area contributed by atoms with Crippen LogP contribution >= 0.6 is 11.8 Å². The standard InChI is InChI=1S/C21H18N6OS/c1-13(28)26-15-7-9-16(10-8-15)27-20-18(22)21(25-12-24-20)29-17-6-2-4-14-5-3-11-23-19(14)17/h2-12H,22H2,1H3,(H,26,28)(H,24,25,27). The molecular formula is C21H18N6OS. The lowest BCUT2D eigenvalue weighted by molar-refractivity contribution is -0.114. The molecule has 144 valence electrons. The second kappa shape index (κ2) is 8.15. The Bertz CT molecular complexity index is 1170. The van der Waals surface area contributed by atoms with Crippen molar-refractivity contribution in [1.29, 1.82) is 0 Å². The van der Waals surface area contributed by atoms with Crippen LogP contribution in [-0.4, -0.2) is 20.9 Å². The number of hydrogen-bond donors (Lipinski definition) is 3. The van der Waals surface area contributed by atoms with E-state index >= 15 is 0 Å². The monoisotopic (exact) mass is 402 g/mol. The fraction of sp³-hybridized carbons (Fsp3) is 0.0476. The summed E-state index contributed by atoms with van der Waals surface area (Å²) in [4.78, 5) is 25.2. The maximum atomic E-state index is 11.1. The van der Waals surface area contributed by atoms with E-state index in [0.29, 0.717) is 16.5 Å². The first-order chi connectivity index (χ1) is 14.1. The normalized spacial score (nSPS) is 10.7. The van der Waals surface area contributed by atoms with Gasteiger partial charge >= 0.3 is 0 Å². The van der Waals surface area contributed by atoms with Crippen LogP contribution in [0.25, 0.3) is 10.9 Å². The van der Waals surface area contributed by atoms with Gasteiger partial charge in [0.05, 0.1) is 5.52 Å². The Kier molecular flexibility index (Phi) is 5.26. The van der Waals surface area contributed by atoms with Gasteiger partial charge in [0.15, 0.2) is 5.82 Å². The van der Waals surface area contributed by atoms with Crippen LogP contribution in [0.2, 0.25) is 0 Å². The molecule has 0 aliphatic carbocycles. The highest BCUT2D eigenvalue weighted by molar-refractivity contribution is 7.99. The highest BCUT2D eigenvalue weighted by Gasteiger charge is 2.12. The molecule has 2 heterocycles. The molecule has 0 saturated carbocycles. The van der Waals surface area contributed by atoms with Crippen molar-refractivity contribution in [1.82, 2.24) is 15.0 Å². The lowest BCUT2D eigenvalue weighted by Crippen LogP contribution is -2.06. The van der Waals surface area contributed by atoms with Crippen LogP contribution in [0.15, 0.2) is 77.0 Å². The van der Waals surface area contributed by atoms with Gasteiger partial charge in [-0.3, -0.25) is 9.78 Å². The van der Waals surface area contributed by atoms with E-state index < -0.39 is 0 Å². The Morgan fingerprint density at radius 2 is 1.72 bits per heavy atom. The summed E-state index contributed by atoms with van der Waals surface area (Å²) in [6.45, 7) is 1.47. The highest BCUT2D eigenvalue weighted by atomic mass is 32.2. The van der Waals surface area contributed by atoms with Crippen LogP contribution in [0, 0.1) is 0 Å². The lowest BCUT2D eigenvalue weighted by Gasteiger charge is -2.12. The van der Waals surface area contributed by atoms with Gasteiger partial charge in [0.2, 0.25) is 5.91 Å². The Morgan fingerprint density at radius 1 is 0.966 bits per heavy atom. The molecule has 0 unspecified atom stereocenters. The molecule has 0 fully saturated rings. The van der Waals surface area contributed by atoms with Crippen molar-refractivity contribution in [2.24, 2.45) is 0 Å². The van der Waals surface area contributed by atoms with Crippen molar-refractivity contribution in [3.63, 3.8) is 0 Å². The number of aromatic nitrogens is 3. The summed E-state index contributed by atoms with van der Waals surface area (Å²) in [7, 11) is 0. The van der Waals surface area contributed by atoms with Gasteiger partial charge < -0.3 is 16.4 Å². The van der Waals surface area contributed by atoms with Crippen molar-refractivity contribution >= 4 is 51.5 Å². The minimum atomic E-state index is -0.115. The predicted octanol–water partition coefficient (Wildman–Crippen LogP) is 4.46. The van der Waals surface area contributed by atoms with Gasteiger partial charge in [-0.25, -0.2) is 9.97 Å². The second-order valence-corrected chi connectivity index (χ2v) is 7.29. The molecule has 0 radical (unpaired) electrons. The number of para-hydroxylation sites is 1.